The van der Waals surface area contributed by atoms with Gasteiger partial charge in [0.15, 0.2) is 0 Å². The molecule has 1 fully saturated rings. The van der Waals surface area contributed by atoms with Gasteiger partial charge in [-0.2, -0.15) is 13.2 Å². The van der Waals surface area contributed by atoms with E-state index in [4.69, 9.17) is 5.73 Å². The average molecular weight is 462 g/mol. The van der Waals surface area contributed by atoms with Crippen LogP contribution in [-0.2, 0) is 6.18 Å². The minimum atomic E-state index is -4.45. The number of nitrogens with zero attached hydrogens (tertiary/aromatic N) is 3. The number of fused-ring (bicyclic) bond motifs is 2. The van der Waals surface area contributed by atoms with Crippen molar-refractivity contribution in [3.05, 3.63) is 48.5 Å². The molecule has 1 saturated carbocycles. The molecule has 2 atom stereocenters. The van der Waals surface area contributed by atoms with Gasteiger partial charge in [0.1, 0.15) is 0 Å². The van der Waals surface area contributed by atoms with Gasteiger partial charge in [0.25, 0.3) is 0 Å². The zero-order chi connectivity index (χ0) is 23.4. The van der Waals surface area contributed by atoms with Crippen molar-refractivity contribution in [2.75, 3.05) is 5.32 Å². The maximum absolute atomic E-state index is 13.6. The summed E-state index contributed by atoms with van der Waals surface area (Å²) in [7, 11) is 0. The second-order valence-electron chi connectivity index (χ2n) is 8.29. The molecule has 0 bridgehead atoms. The second kappa shape index (κ2) is 7.62. The summed E-state index contributed by atoms with van der Waals surface area (Å²) >= 11 is 0. The predicted octanol–water partition coefficient (Wildman–Crippen LogP) is 5.12. The van der Waals surface area contributed by atoms with Gasteiger partial charge in [-0.25, -0.2) is 18.7 Å². The van der Waals surface area contributed by atoms with Gasteiger partial charge >= 0.3 is 6.18 Å². The van der Waals surface area contributed by atoms with E-state index in [1.807, 2.05) is 0 Å². The van der Waals surface area contributed by atoms with E-state index in [0.29, 0.717) is 32.9 Å². The molecule has 0 radical (unpaired) electrons. The van der Waals surface area contributed by atoms with E-state index in [0.717, 1.165) is 12.1 Å². The molecule has 0 unspecified atom stereocenters. The SMILES string of the molecule is N[C@@H]1CC(F)(F)CC[C@@H]1Nc1ncc2cncc(-c3c[nH]c4cc(C(F)(F)F)ccc34)c2n1. The monoisotopic (exact) mass is 462 g/mol. The topological polar surface area (TPSA) is 92.5 Å². The first-order valence-corrected chi connectivity index (χ1v) is 10.3. The Kier molecular flexibility index (Phi) is 4.96. The Balaban J connectivity index is 1.52. The molecular weight excluding hydrogens is 443 g/mol. The lowest BCUT2D eigenvalue weighted by molar-refractivity contribution is -0.137. The molecule has 4 N–H and O–H groups in total. The maximum Gasteiger partial charge on any atom is 0.416 e. The van der Waals surface area contributed by atoms with Gasteiger partial charge in [-0.15, -0.1) is 0 Å². The van der Waals surface area contributed by atoms with Gasteiger partial charge in [0.2, 0.25) is 11.9 Å². The van der Waals surface area contributed by atoms with Crippen LogP contribution in [0, 0.1) is 0 Å². The molecule has 6 nitrogen and oxygen atoms in total. The molecule has 0 aliphatic heterocycles. The summed E-state index contributed by atoms with van der Waals surface area (Å²) in [6.45, 7) is 0. The highest BCUT2D eigenvalue weighted by molar-refractivity contribution is 6.03. The third-order valence-corrected chi connectivity index (χ3v) is 5.98. The summed E-state index contributed by atoms with van der Waals surface area (Å²) in [5.41, 5.74) is 7.28. The fraction of sp³-hybridized carbons (Fsp3) is 0.318. The lowest BCUT2D eigenvalue weighted by atomic mass is 9.88. The Bertz CT molecular complexity index is 1330. The third-order valence-electron chi connectivity index (χ3n) is 5.98. The van der Waals surface area contributed by atoms with Crippen molar-refractivity contribution < 1.29 is 22.0 Å². The third kappa shape index (κ3) is 4.08. The van der Waals surface area contributed by atoms with Crippen LogP contribution in [0.1, 0.15) is 24.8 Å². The molecule has 11 heteroatoms. The molecule has 1 aliphatic rings. The van der Waals surface area contributed by atoms with Crippen molar-refractivity contribution in [2.45, 2.75) is 43.4 Å². The number of aromatic nitrogens is 4. The normalized spacial score (nSPS) is 20.9. The van der Waals surface area contributed by atoms with Gasteiger partial charge in [-0.05, 0) is 18.6 Å². The van der Waals surface area contributed by atoms with Crippen LogP contribution in [0.4, 0.5) is 27.9 Å². The molecule has 0 amide bonds. The van der Waals surface area contributed by atoms with Gasteiger partial charge in [0, 0.05) is 77.1 Å². The standard InChI is InChI=1S/C22H19F5N6/c23-21(24)4-3-17(16(28)6-21)32-20-31-8-11-7-29-9-15(19(11)33-20)14-10-30-18-5-12(22(25,26)27)1-2-13(14)18/h1-2,5,7-10,16-17,30H,3-4,6,28H2,(H,31,32,33)/t16-,17+/m1/s1. The minimum absolute atomic E-state index is 0.183. The number of nitrogens with two attached hydrogens (primary N) is 1. The second-order valence-corrected chi connectivity index (χ2v) is 8.29. The van der Waals surface area contributed by atoms with E-state index < -0.39 is 36.2 Å². The highest BCUT2D eigenvalue weighted by Crippen LogP contribution is 2.37. The van der Waals surface area contributed by atoms with Crippen LogP contribution in [0.3, 0.4) is 0 Å². The number of halogens is 5. The van der Waals surface area contributed by atoms with Gasteiger partial charge < -0.3 is 16.0 Å². The van der Waals surface area contributed by atoms with E-state index in [1.165, 1.54) is 6.07 Å². The number of rotatable bonds is 3. The minimum Gasteiger partial charge on any atom is -0.361 e. The first-order chi connectivity index (χ1) is 15.6. The summed E-state index contributed by atoms with van der Waals surface area (Å²) in [6.07, 6.45) is 1.37. The van der Waals surface area contributed by atoms with Crippen molar-refractivity contribution in [2.24, 2.45) is 5.73 Å². The quantitative estimate of drug-likeness (QED) is 0.368. The van der Waals surface area contributed by atoms with Crippen LogP contribution >= 0.6 is 0 Å². The molecule has 1 aromatic carbocycles. The smallest absolute Gasteiger partial charge is 0.361 e. The summed E-state index contributed by atoms with van der Waals surface area (Å²) in [4.78, 5) is 15.9. The highest BCUT2D eigenvalue weighted by Gasteiger charge is 2.40. The van der Waals surface area contributed by atoms with Crippen LogP contribution in [-0.4, -0.2) is 37.9 Å². The van der Waals surface area contributed by atoms with Crippen molar-refractivity contribution in [1.29, 1.82) is 0 Å². The molecule has 3 aromatic heterocycles. The number of alkyl halides is 5. The van der Waals surface area contributed by atoms with E-state index in [1.54, 1.807) is 24.8 Å². The van der Waals surface area contributed by atoms with E-state index in [2.05, 4.69) is 25.3 Å². The van der Waals surface area contributed by atoms with Crippen LogP contribution < -0.4 is 11.1 Å². The number of hydrogen-bond acceptors (Lipinski definition) is 5. The average Bonchev–Trinajstić information content (AvgIpc) is 3.17. The fourth-order valence-corrected chi connectivity index (χ4v) is 4.26. The molecule has 172 valence electrons. The van der Waals surface area contributed by atoms with E-state index >= 15 is 0 Å². The number of nitrogens with one attached hydrogen (secondary N) is 2. The summed E-state index contributed by atoms with van der Waals surface area (Å²) in [5.74, 6) is -2.54. The van der Waals surface area contributed by atoms with Gasteiger partial charge in [-0.1, -0.05) is 6.07 Å². The van der Waals surface area contributed by atoms with Gasteiger partial charge in [-0.3, -0.25) is 4.98 Å². The summed E-state index contributed by atoms with van der Waals surface area (Å²) in [6, 6.07) is 2.34. The molecule has 5 rings (SSSR count). The number of pyridine rings is 1. The Hall–Kier alpha value is -3.34. The Labute approximate surface area is 184 Å². The van der Waals surface area contributed by atoms with Gasteiger partial charge in [0.05, 0.1) is 11.1 Å². The highest BCUT2D eigenvalue weighted by atomic mass is 19.4. The lowest BCUT2D eigenvalue weighted by Gasteiger charge is -2.34. The molecule has 3 heterocycles. The fourth-order valence-electron chi connectivity index (χ4n) is 4.26. The Morgan fingerprint density at radius 1 is 1.12 bits per heavy atom. The van der Waals surface area contributed by atoms with Crippen LogP contribution in [0.5, 0.6) is 0 Å². The Morgan fingerprint density at radius 3 is 2.70 bits per heavy atom. The number of anilines is 1. The van der Waals surface area contributed by atoms with Crippen LogP contribution in [0.15, 0.2) is 43.0 Å². The van der Waals surface area contributed by atoms with Crippen molar-refractivity contribution in [3.8, 4) is 11.1 Å². The first-order valence-electron chi connectivity index (χ1n) is 10.3. The Morgan fingerprint density at radius 2 is 1.94 bits per heavy atom. The first kappa shape index (κ1) is 21.5. The van der Waals surface area contributed by atoms with Crippen molar-refractivity contribution in [3.63, 3.8) is 0 Å². The molecule has 4 aromatic rings. The number of benzene rings is 1. The molecule has 0 saturated heterocycles. The van der Waals surface area contributed by atoms with E-state index in [9.17, 15) is 22.0 Å². The van der Waals surface area contributed by atoms with Crippen LogP contribution in [0.2, 0.25) is 0 Å². The summed E-state index contributed by atoms with van der Waals surface area (Å²) < 4.78 is 66.4. The predicted molar refractivity (Wildman–Crippen MR) is 114 cm³/mol. The molecule has 0 spiro atoms. The molecule has 1 aliphatic carbocycles. The van der Waals surface area contributed by atoms with Crippen molar-refractivity contribution >= 4 is 27.8 Å². The summed E-state index contributed by atoms with van der Waals surface area (Å²) in [5, 5.41) is 4.27. The maximum atomic E-state index is 13.6. The molecule has 33 heavy (non-hydrogen) atoms. The zero-order valence-corrected chi connectivity index (χ0v) is 17.1. The largest absolute Gasteiger partial charge is 0.416 e. The number of aromatic amines is 1. The van der Waals surface area contributed by atoms with Crippen molar-refractivity contribution in [1.82, 2.24) is 19.9 Å². The van der Waals surface area contributed by atoms with E-state index in [-0.39, 0.29) is 18.8 Å². The lowest BCUT2D eigenvalue weighted by Crippen LogP contribution is -2.48. The zero-order valence-electron chi connectivity index (χ0n) is 17.1. The van der Waals surface area contributed by atoms with Crippen LogP contribution in [0.25, 0.3) is 32.9 Å². The number of hydrogen-bond donors (Lipinski definition) is 3. The molecular formula is C22H19F5N6. The number of H-pyrrole nitrogens is 1.